The Kier molecular flexibility index (Phi) is 2.61. The summed E-state index contributed by atoms with van der Waals surface area (Å²) in [6.07, 6.45) is 2.95. The highest BCUT2D eigenvalue weighted by Crippen LogP contribution is 2.31. The van der Waals surface area contributed by atoms with Crippen LogP contribution in [0, 0.1) is 0 Å². The first kappa shape index (κ1) is 10.0. The van der Waals surface area contributed by atoms with Gasteiger partial charge < -0.3 is 9.52 Å². The first-order valence-electron chi connectivity index (χ1n) is 4.12. The number of aliphatic hydroxyl groups excluding tert-OH is 1. The Labute approximate surface area is 89.4 Å². The minimum Gasteiger partial charge on any atom is -0.465 e. The van der Waals surface area contributed by atoms with Crippen molar-refractivity contribution in [1.29, 1.82) is 0 Å². The molecule has 0 unspecified atom stereocenters. The third-order valence-corrected chi connectivity index (χ3v) is 2.74. The van der Waals surface area contributed by atoms with Gasteiger partial charge in [-0.2, -0.15) is 0 Å². The number of thioether (sulfide) groups is 1. The normalized spacial score (nSPS) is 19.3. The number of nitrogens with zero attached hydrogens (tertiary/aromatic N) is 1. The number of imide groups is 1. The largest absolute Gasteiger partial charge is 0.465 e. The molecule has 0 radical (unpaired) electrons. The Morgan fingerprint density at radius 1 is 1.53 bits per heavy atom. The smallest absolute Gasteiger partial charge is 0.295 e. The molecule has 1 aliphatic heterocycles. The minimum atomic E-state index is -0.597. The summed E-state index contributed by atoms with van der Waals surface area (Å²) >= 11 is 0.783. The number of hydrogen-bond acceptors (Lipinski definition) is 5. The SMILES string of the molecule is O=C1SC(=Cc2ccco2)C(=O)N1CO. The first-order chi connectivity index (χ1) is 7.22. The Morgan fingerprint density at radius 3 is 2.87 bits per heavy atom. The van der Waals surface area contributed by atoms with Crippen LogP contribution in [-0.4, -0.2) is 27.9 Å². The van der Waals surface area contributed by atoms with E-state index >= 15 is 0 Å². The van der Waals surface area contributed by atoms with E-state index in [1.165, 1.54) is 12.3 Å². The average Bonchev–Trinajstić information content (AvgIpc) is 2.78. The second kappa shape index (κ2) is 3.92. The molecule has 6 heteroatoms. The van der Waals surface area contributed by atoms with Crippen molar-refractivity contribution in [2.45, 2.75) is 0 Å². The van der Waals surface area contributed by atoms with E-state index in [1.54, 1.807) is 12.1 Å². The second-order valence-corrected chi connectivity index (χ2v) is 3.76. The predicted octanol–water partition coefficient (Wildman–Crippen LogP) is 1.27. The van der Waals surface area contributed by atoms with Crippen LogP contribution in [0.3, 0.4) is 0 Å². The molecule has 2 heterocycles. The first-order valence-corrected chi connectivity index (χ1v) is 4.94. The molecular formula is C9H7NO4S. The molecule has 2 rings (SSSR count). The van der Waals surface area contributed by atoms with Crippen molar-refractivity contribution in [2.24, 2.45) is 0 Å². The Balaban J connectivity index is 2.26. The Morgan fingerprint density at radius 2 is 2.33 bits per heavy atom. The molecule has 0 saturated carbocycles. The molecule has 5 nitrogen and oxygen atoms in total. The molecule has 0 spiro atoms. The second-order valence-electron chi connectivity index (χ2n) is 2.77. The van der Waals surface area contributed by atoms with Gasteiger partial charge in [0.05, 0.1) is 11.2 Å². The van der Waals surface area contributed by atoms with Crippen molar-refractivity contribution in [3.05, 3.63) is 29.1 Å². The molecule has 0 aliphatic carbocycles. The number of rotatable bonds is 2. The van der Waals surface area contributed by atoms with Gasteiger partial charge in [-0.3, -0.25) is 9.59 Å². The summed E-state index contributed by atoms with van der Waals surface area (Å²) in [4.78, 5) is 23.7. The molecule has 2 amide bonds. The number of amides is 2. The lowest BCUT2D eigenvalue weighted by Crippen LogP contribution is -2.28. The van der Waals surface area contributed by atoms with Crippen LogP contribution in [0.5, 0.6) is 0 Å². The zero-order valence-corrected chi connectivity index (χ0v) is 8.36. The standard InChI is InChI=1S/C9H7NO4S/c11-5-10-8(12)7(15-9(10)13)4-6-2-1-3-14-6/h1-4,11H,5H2. The van der Waals surface area contributed by atoms with Crippen LogP contribution >= 0.6 is 11.8 Å². The topological polar surface area (TPSA) is 70.8 Å². The number of aliphatic hydroxyl groups is 1. The van der Waals surface area contributed by atoms with E-state index in [-0.39, 0.29) is 4.91 Å². The quantitative estimate of drug-likeness (QED) is 0.767. The fourth-order valence-electron chi connectivity index (χ4n) is 1.12. The third kappa shape index (κ3) is 1.81. The summed E-state index contributed by atoms with van der Waals surface area (Å²) in [5.74, 6) is 0.00217. The van der Waals surface area contributed by atoms with E-state index < -0.39 is 17.9 Å². The molecule has 1 aromatic rings. The lowest BCUT2D eigenvalue weighted by molar-refractivity contribution is -0.125. The molecule has 1 aliphatic rings. The molecule has 1 fully saturated rings. The van der Waals surface area contributed by atoms with Gasteiger partial charge in [0, 0.05) is 6.08 Å². The van der Waals surface area contributed by atoms with Gasteiger partial charge in [0.1, 0.15) is 12.5 Å². The van der Waals surface area contributed by atoms with Gasteiger partial charge in [0.15, 0.2) is 0 Å². The lowest BCUT2D eigenvalue weighted by atomic mass is 10.4. The van der Waals surface area contributed by atoms with Crippen LogP contribution in [0.15, 0.2) is 27.7 Å². The maximum atomic E-state index is 11.5. The third-order valence-electron chi connectivity index (χ3n) is 1.83. The molecular weight excluding hydrogens is 218 g/mol. The summed E-state index contributed by atoms with van der Waals surface area (Å²) in [6.45, 7) is -0.597. The van der Waals surface area contributed by atoms with Crippen LogP contribution in [-0.2, 0) is 4.79 Å². The van der Waals surface area contributed by atoms with Gasteiger partial charge in [-0.15, -0.1) is 0 Å². The summed E-state index contributed by atoms with van der Waals surface area (Å²) in [6, 6.07) is 3.36. The van der Waals surface area contributed by atoms with E-state index in [2.05, 4.69) is 0 Å². The number of carbonyl (C=O) groups is 2. The lowest BCUT2D eigenvalue weighted by Gasteiger charge is -2.05. The average molecular weight is 225 g/mol. The van der Waals surface area contributed by atoms with Crippen LogP contribution in [0.4, 0.5) is 4.79 Å². The predicted molar refractivity (Wildman–Crippen MR) is 53.6 cm³/mol. The number of furan rings is 1. The summed E-state index contributed by atoms with van der Waals surface area (Å²) in [5, 5.41) is 8.30. The fraction of sp³-hybridized carbons (Fsp3) is 0.111. The van der Waals surface area contributed by atoms with Gasteiger partial charge in [0.25, 0.3) is 11.1 Å². The van der Waals surface area contributed by atoms with Gasteiger partial charge in [-0.1, -0.05) is 0 Å². The van der Waals surface area contributed by atoms with Crippen molar-refractivity contribution in [2.75, 3.05) is 6.73 Å². The van der Waals surface area contributed by atoms with Crippen molar-refractivity contribution < 1.29 is 19.1 Å². The summed E-state index contributed by atoms with van der Waals surface area (Å²) < 4.78 is 5.01. The molecule has 0 aromatic carbocycles. The maximum Gasteiger partial charge on any atom is 0.295 e. The molecule has 0 bridgehead atoms. The highest BCUT2D eigenvalue weighted by molar-refractivity contribution is 8.18. The molecule has 0 atom stereocenters. The zero-order chi connectivity index (χ0) is 10.8. The van der Waals surface area contributed by atoms with Crippen molar-refractivity contribution in [1.82, 2.24) is 4.90 Å². The number of carbonyl (C=O) groups excluding carboxylic acids is 2. The van der Waals surface area contributed by atoms with Gasteiger partial charge >= 0.3 is 0 Å². The van der Waals surface area contributed by atoms with E-state index in [1.807, 2.05) is 0 Å². The molecule has 1 aromatic heterocycles. The van der Waals surface area contributed by atoms with E-state index in [9.17, 15) is 9.59 Å². The van der Waals surface area contributed by atoms with Crippen molar-refractivity contribution in [3.63, 3.8) is 0 Å². The van der Waals surface area contributed by atoms with Crippen molar-refractivity contribution in [3.8, 4) is 0 Å². The molecule has 1 N–H and O–H groups in total. The van der Waals surface area contributed by atoms with E-state index in [4.69, 9.17) is 9.52 Å². The summed E-state index contributed by atoms with van der Waals surface area (Å²) in [7, 11) is 0. The summed E-state index contributed by atoms with van der Waals surface area (Å²) in [5.41, 5.74) is 0. The molecule has 78 valence electrons. The minimum absolute atomic E-state index is 0.254. The Hall–Kier alpha value is -1.53. The fourth-order valence-corrected chi connectivity index (χ4v) is 1.94. The molecule has 1 saturated heterocycles. The van der Waals surface area contributed by atoms with E-state index in [0.717, 1.165) is 16.7 Å². The maximum absolute atomic E-state index is 11.5. The number of hydrogen-bond donors (Lipinski definition) is 1. The van der Waals surface area contributed by atoms with Crippen LogP contribution in [0.2, 0.25) is 0 Å². The van der Waals surface area contributed by atoms with Gasteiger partial charge in [0.2, 0.25) is 0 Å². The van der Waals surface area contributed by atoms with Crippen LogP contribution in [0.25, 0.3) is 6.08 Å². The Bertz CT molecular complexity index is 423. The van der Waals surface area contributed by atoms with Gasteiger partial charge in [-0.05, 0) is 23.9 Å². The highest BCUT2D eigenvalue weighted by atomic mass is 32.2. The molecule has 15 heavy (non-hydrogen) atoms. The highest BCUT2D eigenvalue weighted by Gasteiger charge is 2.34. The zero-order valence-electron chi connectivity index (χ0n) is 7.54. The monoisotopic (exact) mass is 225 g/mol. The van der Waals surface area contributed by atoms with Crippen LogP contribution < -0.4 is 0 Å². The van der Waals surface area contributed by atoms with Crippen molar-refractivity contribution >= 4 is 29.0 Å². The van der Waals surface area contributed by atoms with Gasteiger partial charge in [-0.25, -0.2) is 4.90 Å². The van der Waals surface area contributed by atoms with Crippen LogP contribution in [0.1, 0.15) is 5.76 Å². The van der Waals surface area contributed by atoms with E-state index in [0.29, 0.717) is 5.76 Å².